The number of hydrogen-bond donors (Lipinski definition) is 1. The summed E-state index contributed by atoms with van der Waals surface area (Å²) >= 11 is 5.75. The quantitative estimate of drug-likeness (QED) is 0.390. The van der Waals surface area contributed by atoms with Crippen molar-refractivity contribution in [2.24, 2.45) is 0 Å². The van der Waals surface area contributed by atoms with Gasteiger partial charge < -0.3 is 10.1 Å². The monoisotopic (exact) mass is 414 g/mol. The second kappa shape index (κ2) is 8.41. The standard InChI is InChI=1S/C22H17ClF2N2O2/c1-3-22(24,25)29-17-10-7-15(8-11-17)18-5-4-6-19(14(18)2)21(28)27-16-9-12-20(23)26-13-16/h3-13H,1H2,2H3,(H,27,28). The van der Waals surface area contributed by atoms with Gasteiger partial charge in [0, 0.05) is 11.6 Å². The number of halogens is 3. The van der Waals surface area contributed by atoms with Gasteiger partial charge in [0.1, 0.15) is 10.9 Å². The Bertz CT molecular complexity index is 1040. The van der Waals surface area contributed by atoms with Crippen LogP contribution < -0.4 is 10.1 Å². The number of nitrogens with one attached hydrogen (secondary N) is 1. The predicted molar refractivity (Wildman–Crippen MR) is 110 cm³/mol. The lowest BCUT2D eigenvalue weighted by atomic mass is 9.96. The fourth-order valence-electron chi connectivity index (χ4n) is 2.74. The van der Waals surface area contributed by atoms with Crippen molar-refractivity contribution < 1.29 is 18.3 Å². The fourth-order valence-corrected chi connectivity index (χ4v) is 2.86. The Kier molecular flexibility index (Phi) is 5.94. The number of ether oxygens (including phenoxy) is 1. The summed E-state index contributed by atoms with van der Waals surface area (Å²) in [5.41, 5.74) is 3.32. The Morgan fingerprint density at radius 2 is 1.90 bits per heavy atom. The van der Waals surface area contributed by atoms with Gasteiger partial charge in [-0.25, -0.2) is 4.98 Å². The lowest BCUT2D eigenvalue weighted by molar-refractivity contribution is -0.131. The third kappa shape index (κ3) is 4.97. The summed E-state index contributed by atoms with van der Waals surface area (Å²) in [7, 11) is 0. The van der Waals surface area contributed by atoms with Gasteiger partial charge in [-0.05, 0) is 53.9 Å². The van der Waals surface area contributed by atoms with Crippen LogP contribution >= 0.6 is 11.6 Å². The van der Waals surface area contributed by atoms with Crippen LogP contribution in [0.15, 0.2) is 73.4 Å². The van der Waals surface area contributed by atoms with Gasteiger partial charge >= 0.3 is 6.11 Å². The van der Waals surface area contributed by atoms with Crippen molar-refractivity contribution in [3.8, 4) is 16.9 Å². The average Bonchev–Trinajstić information content (AvgIpc) is 2.70. The van der Waals surface area contributed by atoms with Crippen molar-refractivity contribution in [1.29, 1.82) is 0 Å². The van der Waals surface area contributed by atoms with Crippen molar-refractivity contribution in [3.05, 3.63) is 89.7 Å². The summed E-state index contributed by atoms with van der Waals surface area (Å²) in [6.45, 7) is 4.86. The molecular formula is C22H17ClF2N2O2. The predicted octanol–water partition coefficient (Wildman–Crippen LogP) is 6.12. The Balaban J connectivity index is 1.83. The molecule has 0 aliphatic carbocycles. The Labute approximate surface area is 171 Å². The minimum atomic E-state index is -3.44. The van der Waals surface area contributed by atoms with Crippen LogP contribution in [0.2, 0.25) is 5.15 Å². The van der Waals surface area contributed by atoms with E-state index in [1.54, 1.807) is 36.4 Å². The molecule has 1 N–H and O–H groups in total. The van der Waals surface area contributed by atoms with E-state index in [1.807, 2.05) is 13.0 Å². The number of hydrogen-bond acceptors (Lipinski definition) is 3. The summed E-state index contributed by atoms with van der Waals surface area (Å²) in [5.74, 6) is -0.278. The number of carbonyl (C=O) groups excluding carboxylic acids is 1. The molecule has 0 saturated heterocycles. The SMILES string of the molecule is C=CC(F)(F)Oc1ccc(-c2cccc(C(=O)Nc3ccc(Cl)nc3)c2C)cc1. The lowest BCUT2D eigenvalue weighted by Gasteiger charge is -2.15. The number of anilines is 1. The lowest BCUT2D eigenvalue weighted by Crippen LogP contribution is -2.20. The third-order valence-corrected chi connectivity index (χ3v) is 4.44. The molecule has 4 nitrogen and oxygen atoms in total. The molecule has 7 heteroatoms. The first-order valence-corrected chi connectivity index (χ1v) is 9.00. The Morgan fingerprint density at radius 1 is 1.17 bits per heavy atom. The summed E-state index contributed by atoms with van der Waals surface area (Å²) in [4.78, 5) is 16.6. The molecule has 0 aliphatic rings. The number of nitrogens with zero attached hydrogens (tertiary/aromatic N) is 1. The summed E-state index contributed by atoms with van der Waals surface area (Å²) < 4.78 is 31.1. The highest BCUT2D eigenvalue weighted by molar-refractivity contribution is 6.29. The normalized spacial score (nSPS) is 11.0. The molecule has 0 saturated carbocycles. The Hall–Kier alpha value is -3.25. The van der Waals surface area contributed by atoms with Gasteiger partial charge in [-0.3, -0.25) is 4.79 Å². The highest BCUT2D eigenvalue weighted by Crippen LogP contribution is 2.29. The fraction of sp³-hybridized carbons (Fsp3) is 0.0909. The molecule has 0 fully saturated rings. The molecule has 0 atom stereocenters. The van der Waals surface area contributed by atoms with E-state index in [0.717, 1.165) is 16.7 Å². The van der Waals surface area contributed by atoms with Gasteiger partial charge in [0.05, 0.1) is 11.9 Å². The van der Waals surface area contributed by atoms with Crippen LogP contribution in [0.5, 0.6) is 5.75 Å². The zero-order valence-electron chi connectivity index (χ0n) is 15.5. The van der Waals surface area contributed by atoms with Crippen molar-refractivity contribution in [2.75, 3.05) is 5.32 Å². The molecule has 1 amide bonds. The maximum atomic E-state index is 13.3. The van der Waals surface area contributed by atoms with Gasteiger partial charge in [0.2, 0.25) is 0 Å². The second-order valence-electron chi connectivity index (χ2n) is 6.19. The zero-order valence-corrected chi connectivity index (χ0v) is 16.2. The summed E-state index contributed by atoms with van der Waals surface area (Å²) in [6, 6.07) is 14.8. The van der Waals surface area contributed by atoms with Crippen LogP contribution in [-0.2, 0) is 0 Å². The van der Waals surface area contributed by atoms with Gasteiger partial charge in [-0.2, -0.15) is 8.78 Å². The van der Waals surface area contributed by atoms with Gasteiger partial charge in [0.25, 0.3) is 5.91 Å². The van der Waals surface area contributed by atoms with E-state index in [1.165, 1.54) is 18.3 Å². The zero-order chi connectivity index (χ0) is 21.0. The van der Waals surface area contributed by atoms with E-state index < -0.39 is 6.11 Å². The van der Waals surface area contributed by atoms with Crippen LogP contribution in [0.25, 0.3) is 11.1 Å². The van der Waals surface area contributed by atoms with Crippen LogP contribution in [0.1, 0.15) is 15.9 Å². The first-order chi connectivity index (χ1) is 13.8. The smallest absolute Gasteiger partial charge is 0.419 e. The number of alkyl halides is 2. The van der Waals surface area contributed by atoms with Crippen LogP contribution in [0.4, 0.5) is 14.5 Å². The number of pyridine rings is 1. The van der Waals surface area contributed by atoms with Crippen LogP contribution in [0.3, 0.4) is 0 Å². The molecule has 3 aromatic rings. The van der Waals surface area contributed by atoms with E-state index in [2.05, 4.69) is 21.6 Å². The van der Waals surface area contributed by atoms with E-state index >= 15 is 0 Å². The number of benzene rings is 2. The molecule has 29 heavy (non-hydrogen) atoms. The number of rotatable bonds is 6. The highest BCUT2D eigenvalue weighted by Gasteiger charge is 2.26. The average molecular weight is 415 g/mol. The molecule has 3 rings (SSSR count). The molecular weight excluding hydrogens is 398 g/mol. The minimum absolute atomic E-state index is 0.0143. The molecule has 0 bridgehead atoms. The number of amides is 1. The van der Waals surface area contributed by atoms with Gasteiger partial charge in [-0.15, -0.1) is 0 Å². The highest BCUT2D eigenvalue weighted by atomic mass is 35.5. The van der Waals surface area contributed by atoms with E-state index in [4.69, 9.17) is 11.6 Å². The number of carbonyl (C=O) groups is 1. The topological polar surface area (TPSA) is 51.2 Å². The number of aromatic nitrogens is 1. The van der Waals surface area contributed by atoms with E-state index in [0.29, 0.717) is 22.5 Å². The first-order valence-electron chi connectivity index (χ1n) is 8.62. The second-order valence-corrected chi connectivity index (χ2v) is 6.58. The molecule has 0 aliphatic heterocycles. The van der Waals surface area contributed by atoms with E-state index in [9.17, 15) is 13.6 Å². The van der Waals surface area contributed by atoms with Gasteiger partial charge in [-0.1, -0.05) is 42.4 Å². The summed E-state index contributed by atoms with van der Waals surface area (Å²) in [6.07, 6.45) is -1.54. The maximum Gasteiger partial charge on any atom is 0.419 e. The molecule has 2 aromatic carbocycles. The van der Waals surface area contributed by atoms with Crippen molar-refractivity contribution in [3.63, 3.8) is 0 Å². The molecule has 148 valence electrons. The molecule has 0 unspecified atom stereocenters. The Morgan fingerprint density at radius 3 is 2.52 bits per heavy atom. The van der Waals surface area contributed by atoms with Gasteiger partial charge in [0.15, 0.2) is 0 Å². The molecule has 1 aromatic heterocycles. The van der Waals surface area contributed by atoms with Crippen molar-refractivity contribution >= 4 is 23.2 Å². The first kappa shape index (κ1) is 20.5. The third-order valence-electron chi connectivity index (χ3n) is 4.22. The minimum Gasteiger partial charge on any atom is -0.429 e. The largest absolute Gasteiger partial charge is 0.429 e. The molecule has 1 heterocycles. The molecule has 0 radical (unpaired) electrons. The summed E-state index contributed by atoms with van der Waals surface area (Å²) in [5, 5.41) is 3.11. The van der Waals surface area contributed by atoms with Crippen molar-refractivity contribution in [2.45, 2.75) is 13.0 Å². The maximum absolute atomic E-state index is 13.3. The molecule has 0 spiro atoms. The van der Waals surface area contributed by atoms with Crippen molar-refractivity contribution in [1.82, 2.24) is 4.98 Å². The van der Waals surface area contributed by atoms with Crippen LogP contribution in [-0.4, -0.2) is 17.0 Å². The van der Waals surface area contributed by atoms with Crippen LogP contribution in [0, 0.1) is 6.92 Å². The van der Waals surface area contributed by atoms with E-state index in [-0.39, 0.29) is 11.7 Å².